The van der Waals surface area contributed by atoms with Gasteiger partial charge < -0.3 is 4.74 Å². The number of rotatable bonds is 7. The lowest BCUT2D eigenvalue weighted by molar-refractivity contribution is 0.311. The summed E-state index contributed by atoms with van der Waals surface area (Å²) in [7, 11) is 0. The molecule has 0 aliphatic carbocycles. The van der Waals surface area contributed by atoms with Gasteiger partial charge in [-0.05, 0) is 30.4 Å². The van der Waals surface area contributed by atoms with Crippen molar-refractivity contribution in [1.29, 1.82) is 0 Å². The molecule has 4 heteroatoms. The van der Waals surface area contributed by atoms with Gasteiger partial charge in [-0.25, -0.2) is 5.43 Å². The molecule has 3 nitrogen and oxygen atoms in total. The van der Waals surface area contributed by atoms with Crippen LogP contribution in [0.3, 0.4) is 0 Å². The largest absolute Gasteiger partial charge is 0.493 e. The zero-order valence-electron chi connectivity index (χ0n) is 12.5. The van der Waals surface area contributed by atoms with Gasteiger partial charge in [-0.1, -0.05) is 43.3 Å². The molecule has 0 fully saturated rings. The molecule has 2 aromatic carbocycles. The third kappa shape index (κ3) is 3.79. The van der Waals surface area contributed by atoms with E-state index in [2.05, 4.69) is 36.8 Å². The highest BCUT2D eigenvalue weighted by Crippen LogP contribution is 2.34. The van der Waals surface area contributed by atoms with Gasteiger partial charge in [0.1, 0.15) is 5.75 Å². The molecule has 3 N–H and O–H groups in total. The van der Waals surface area contributed by atoms with E-state index in [0.29, 0.717) is 6.61 Å². The maximum absolute atomic E-state index is 5.86. The predicted octanol–water partition coefficient (Wildman–Crippen LogP) is 3.75. The van der Waals surface area contributed by atoms with E-state index >= 15 is 0 Å². The molecule has 112 valence electrons. The van der Waals surface area contributed by atoms with Crippen LogP contribution in [0.5, 0.6) is 5.75 Å². The molecule has 0 aliphatic rings. The number of hydrogen-bond acceptors (Lipinski definition) is 4. The van der Waals surface area contributed by atoms with Crippen LogP contribution in [0, 0.1) is 0 Å². The summed E-state index contributed by atoms with van der Waals surface area (Å²) in [4.78, 5) is 1.21. The van der Waals surface area contributed by atoms with E-state index in [1.807, 2.05) is 30.3 Å². The molecule has 0 aromatic heterocycles. The maximum atomic E-state index is 5.86. The van der Waals surface area contributed by atoms with Gasteiger partial charge in [0.25, 0.3) is 0 Å². The van der Waals surface area contributed by atoms with Crippen LogP contribution in [-0.2, 0) is 0 Å². The SMILES string of the molecule is CCCOc1ccccc1C(NN)c1ccccc1SC. The van der Waals surface area contributed by atoms with Crippen molar-refractivity contribution in [2.24, 2.45) is 5.84 Å². The van der Waals surface area contributed by atoms with Crippen LogP contribution >= 0.6 is 11.8 Å². The fraction of sp³-hybridized carbons (Fsp3) is 0.294. The fourth-order valence-corrected chi connectivity index (χ4v) is 2.95. The van der Waals surface area contributed by atoms with E-state index in [1.165, 1.54) is 10.5 Å². The van der Waals surface area contributed by atoms with Crippen LogP contribution in [0.4, 0.5) is 0 Å². The van der Waals surface area contributed by atoms with Crippen molar-refractivity contribution in [3.63, 3.8) is 0 Å². The fourth-order valence-electron chi connectivity index (χ4n) is 2.31. The highest BCUT2D eigenvalue weighted by atomic mass is 32.2. The standard InChI is InChI=1S/C17H22N2OS/c1-3-12-20-15-10-6-4-8-13(15)17(19-18)14-9-5-7-11-16(14)21-2/h4-11,17,19H,3,12,18H2,1-2H3. The molecule has 1 atom stereocenters. The Bertz CT molecular complexity index is 574. The van der Waals surface area contributed by atoms with Crippen LogP contribution in [0.1, 0.15) is 30.5 Å². The van der Waals surface area contributed by atoms with Gasteiger partial charge in [-0.15, -0.1) is 11.8 Å². The second-order valence-corrected chi connectivity index (χ2v) is 5.58. The molecule has 2 aromatic rings. The average Bonchev–Trinajstić information content (AvgIpc) is 2.55. The van der Waals surface area contributed by atoms with Crippen LogP contribution in [0.15, 0.2) is 53.4 Å². The monoisotopic (exact) mass is 302 g/mol. The summed E-state index contributed by atoms with van der Waals surface area (Å²) in [5, 5.41) is 0. The lowest BCUT2D eigenvalue weighted by Gasteiger charge is -2.22. The smallest absolute Gasteiger partial charge is 0.124 e. The van der Waals surface area contributed by atoms with Crippen LogP contribution in [0.25, 0.3) is 0 Å². The van der Waals surface area contributed by atoms with Crippen molar-refractivity contribution in [2.45, 2.75) is 24.3 Å². The van der Waals surface area contributed by atoms with E-state index in [-0.39, 0.29) is 6.04 Å². The minimum atomic E-state index is -0.0818. The molecule has 0 saturated heterocycles. The molecule has 2 rings (SSSR count). The van der Waals surface area contributed by atoms with Crippen molar-refractivity contribution in [3.05, 3.63) is 59.7 Å². The first-order valence-electron chi connectivity index (χ1n) is 7.12. The normalized spacial score (nSPS) is 12.1. The van der Waals surface area contributed by atoms with Crippen molar-refractivity contribution in [3.8, 4) is 5.75 Å². The third-order valence-electron chi connectivity index (χ3n) is 3.31. The molecule has 0 spiro atoms. The average molecular weight is 302 g/mol. The Morgan fingerprint density at radius 2 is 1.76 bits per heavy atom. The summed E-state index contributed by atoms with van der Waals surface area (Å²) in [6.07, 6.45) is 3.06. The number of para-hydroxylation sites is 1. The number of nitrogens with two attached hydrogens (primary N) is 1. The summed E-state index contributed by atoms with van der Waals surface area (Å²) in [5.74, 6) is 6.73. The number of ether oxygens (including phenoxy) is 1. The second kappa shape index (κ2) is 8.08. The number of benzene rings is 2. The summed E-state index contributed by atoms with van der Waals surface area (Å²) in [5.41, 5.74) is 5.16. The molecule has 0 heterocycles. The maximum Gasteiger partial charge on any atom is 0.124 e. The second-order valence-electron chi connectivity index (χ2n) is 4.73. The lowest BCUT2D eigenvalue weighted by Crippen LogP contribution is -2.29. The minimum Gasteiger partial charge on any atom is -0.493 e. The Morgan fingerprint density at radius 3 is 2.43 bits per heavy atom. The van der Waals surface area contributed by atoms with E-state index in [1.54, 1.807) is 11.8 Å². The Hall–Kier alpha value is -1.49. The highest BCUT2D eigenvalue weighted by Gasteiger charge is 2.19. The van der Waals surface area contributed by atoms with Crippen molar-refractivity contribution >= 4 is 11.8 Å². The first-order chi connectivity index (χ1) is 10.3. The van der Waals surface area contributed by atoms with Gasteiger partial charge in [0.2, 0.25) is 0 Å². The van der Waals surface area contributed by atoms with Crippen molar-refractivity contribution < 1.29 is 4.74 Å². The number of hydrazine groups is 1. The first kappa shape index (κ1) is 15.9. The van der Waals surface area contributed by atoms with Crippen LogP contribution in [-0.4, -0.2) is 12.9 Å². The summed E-state index contributed by atoms with van der Waals surface area (Å²) in [6.45, 7) is 2.81. The first-order valence-corrected chi connectivity index (χ1v) is 8.35. The van der Waals surface area contributed by atoms with Crippen LogP contribution < -0.4 is 16.0 Å². The van der Waals surface area contributed by atoms with Gasteiger partial charge in [-0.3, -0.25) is 5.84 Å². The third-order valence-corrected chi connectivity index (χ3v) is 4.12. The van der Waals surface area contributed by atoms with E-state index in [0.717, 1.165) is 17.7 Å². The Balaban J connectivity index is 2.41. The molecule has 0 bridgehead atoms. The number of nitrogens with one attached hydrogen (secondary N) is 1. The summed E-state index contributed by atoms with van der Waals surface area (Å²) in [6, 6.07) is 16.3. The summed E-state index contributed by atoms with van der Waals surface area (Å²) >= 11 is 1.72. The van der Waals surface area contributed by atoms with Crippen molar-refractivity contribution in [1.82, 2.24) is 5.43 Å². The number of hydrogen-bond donors (Lipinski definition) is 2. The predicted molar refractivity (Wildman–Crippen MR) is 89.6 cm³/mol. The molecule has 0 saturated carbocycles. The molecular formula is C17H22N2OS. The highest BCUT2D eigenvalue weighted by molar-refractivity contribution is 7.98. The molecule has 0 amide bonds. The van der Waals surface area contributed by atoms with Gasteiger partial charge in [0.15, 0.2) is 0 Å². The zero-order valence-corrected chi connectivity index (χ0v) is 13.3. The molecule has 0 aliphatic heterocycles. The zero-order chi connectivity index (χ0) is 15.1. The molecular weight excluding hydrogens is 280 g/mol. The number of thioether (sulfide) groups is 1. The Kier molecular flexibility index (Phi) is 6.11. The molecule has 0 radical (unpaired) electrons. The van der Waals surface area contributed by atoms with Crippen molar-refractivity contribution in [2.75, 3.05) is 12.9 Å². The Morgan fingerprint density at radius 1 is 1.10 bits per heavy atom. The van der Waals surface area contributed by atoms with Gasteiger partial charge in [-0.2, -0.15) is 0 Å². The molecule has 21 heavy (non-hydrogen) atoms. The van der Waals surface area contributed by atoms with Gasteiger partial charge >= 0.3 is 0 Å². The topological polar surface area (TPSA) is 47.3 Å². The quantitative estimate of drug-likeness (QED) is 0.464. The molecule has 1 unspecified atom stereocenters. The van der Waals surface area contributed by atoms with E-state index < -0.39 is 0 Å². The van der Waals surface area contributed by atoms with Crippen LogP contribution in [0.2, 0.25) is 0 Å². The lowest BCUT2D eigenvalue weighted by atomic mass is 9.98. The Labute approximate surface area is 130 Å². The van der Waals surface area contributed by atoms with E-state index in [9.17, 15) is 0 Å². The van der Waals surface area contributed by atoms with Gasteiger partial charge in [0.05, 0.1) is 12.6 Å². The summed E-state index contributed by atoms with van der Waals surface area (Å²) < 4.78 is 5.86. The van der Waals surface area contributed by atoms with Gasteiger partial charge in [0, 0.05) is 10.5 Å². The minimum absolute atomic E-state index is 0.0818. The van der Waals surface area contributed by atoms with E-state index in [4.69, 9.17) is 10.6 Å².